The first-order chi connectivity index (χ1) is 24.7. The van der Waals surface area contributed by atoms with Gasteiger partial charge in [0.05, 0.1) is 11.8 Å². The van der Waals surface area contributed by atoms with Gasteiger partial charge in [0.1, 0.15) is 11.6 Å². The summed E-state index contributed by atoms with van der Waals surface area (Å²) >= 11 is 0. The molecule has 0 bridgehead atoms. The van der Waals surface area contributed by atoms with Gasteiger partial charge in [-0.25, -0.2) is 8.78 Å². The van der Waals surface area contributed by atoms with E-state index in [4.69, 9.17) is 0 Å². The van der Waals surface area contributed by atoms with E-state index < -0.39 is 57.4 Å². The van der Waals surface area contributed by atoms with E-state index in [9.17, 15) is 38.6 Å². The van der Waals surface area contributed by atoms with Gasteiger partial charge < -0.3 is 10.6 Å². The van der Waals surface area contributed by atoms with Crippen LogP contribution in [0.15, 0.2) is 97.1 Å². The Bertz CT molecular complexity index is 1980. The third-order valence-electron chi connectivity index (χ3n) is 12.0. The van der Waals surface area contributed by atoms with Gasteiger partial charge in [-0.05, 0) is 61.6 Å². The van der Waals surface area contributed by atoms with Gasteiger partial charge >= 0.3 is 0 Å². The molecular formula is C38H36F2N6O6. The van der Waals surface area contributed by atoms with E-state index in [2.05, 4.69) is 10.6 Å². The molecule has 2 saturated heterocycles. The molecule has 0 unspecified atom stereocenters. The van der Waals surface area contributed by atoms with Crippen LogP contribution in [-0.4, -0.2) is 69.7 Å². The number of hydrogen-bond acceptors (Lipinski definition) is 8. The predicted molar refractivity (Wildman–Crippen MR) is 188 cm³/mol. The van der Waals surface area contributed by atoms with Crippen molar-refractivity contribution in [1.29, 1.82) is 0 Å². The molecule has 4 aromatic carbocycles. The number of benzene rings is 4. The molecule has 12 nitrogen and oxygen atoms in total. The van der Waals surface area contributed by atoms with E-state index in [1.165, 1.54) is 38.1 Å². The van der Waals surface area contributed by atoms with Crippen molar-refractivity contribution in [1.82, 2.24) is 9.80 Å². The Kier molecular flexibility index (Phi) is 8.03. The molecule has 0 aliphatic carbocycles. The van der Waals surface area contributed by atoms with E-state index in [1.54, 1.807) is 96.7 Å². The summed E-state index contributed by atoms with van der Waals surface area (Å²) in [5.74, 6) is -2.74. The standard InChI is InChI=1S/2C19H18FN3O3/c2*1-18(23(25)26)15(12-7-9-13(20)10-8-12)11-22(2)19(18)14-5-3-4-6-16(14)21-17(19)24/h2*3-10,15H,11H2,1-2H3,(H,21,24)/t2*15-,18-,19+/m11/s1. The number of carbonyl (C=O) groups is 2. The number of carbonyl (C=O) groups excluding carboxylic acids is 2. The van der Waals surface area contributed by atoms with E-state index >= 15 is 0 Å². The van der Waals surface area contributed by atoms with Crippen molar-refractivity contribution < 1.29 is 28.2 Å². The fourth-order valence-corrected chi connectivity index (χ4v) is 9.47. The second-order valence-corrected chi connectivity index (χ2v) is 14.2. The summed E-state index contributed by atoms with van der Waals surface area (Å²) in [5, 5.41) is 30.3. The predicted octanol–water partition coefficient (Wildman–Crippen LogP) is 5.48. The molecule has 6 atom stereocenters. The van der Waals surface area contributed by atoms with Crippen LogP contribution in [0, 0.1) is 31.9 Å². The molecule has 2 fully saturated rings. The summed E-state index contributed by atoms with van der Waals surface area (Å²) in [6.07, 6.45) is 0. The first-order valence-corrected chi connectivity index (χ1v) is 16.7. The number of anilines is 2. The van der Waals surface area contributed by atoms with E-state index in [-0.39, 0.29) is 9.85 Å². The van der Waals surface area contributed by atoms with Gasteiger partial charge in [0.15, 0.2) is 11.1 Å². The molecule has 52 heavy (non-hydrogen) atoms. The molecule has 4 heterocycles. The zero-order valence-electron chi connectivity index (χ0n) is 28.8. The van der Waals surface area contributed by atoms with Gasteiger partial charge in [-0.3, -0.25) is 39.6 Å². The third kappa shape index (κ3) is 4.37. The Labute approximate surface area is 297 Å². The Morgan fingerprint density at radius 2 is 0.942 bits per heavy atom. The van der Waals surface area contributed by atoms with Crippen molar-refractivity contribution in [2.24, 2.45) is 0 Å². The van der Waals surface area contributed by atoms with Gasteiger partial charge in [0.25, 0.3) is 22.9 Å². The van der Waals surface area contributed by atoms with Crippen LogP contribution in [0.4, 0.5) is 20.2 Å². The van der Waals surface area contributed by atoms with Gasteiger partial charge in [-0.2, -0.15) is 0 Å². The number of nitro groups is 2. The van der Waals surface area contributed by atoms with Crippen molar-refractivity contribution in [2.45, 2.75) is 47.8 Å². The molecule has 0 saturated carbocycles. The number of halogens is 2. The van der Waals surface area contributed by atoms with Crippen molar-refractivity contribution in [3.8, 4) is 0 Å². The quantitative estimate of drug-likeness (QED) is 0.209. The number of hydrogen-bond donors (Lipinski definition) is 2. The normalized spacial score (nSPS) is 30.4. The van der Waals surface area contributed by atoms with Crippen LogP contribution >= 0.6 is 0 Å². The number of rotatable bonds is 4. The summed E-state index contributed by atoms with van der Waals surface area (Å²) in [6, 6.07) is 25.6. The largest absolute Gasteiger partial charge is 0.324 e. The fourth-order valence-electron chi connectivity index (χ4n) is 9.47. The second kappa shape index (κ2) is 12.0. The number of fused-ring (bicyclic) bond motifs is 4. The maximum atomic E-state index is 13.3. The van der Waals surface area contributed by atoms with Gasteiger partial charge in [0, 0.05) is 59.3 Å². The van der Waals surface area contributed by atoms with Crippen LogP contribution in [0.25, 0.3) is 0 Å². The summed E-state index contributed by atoms with van der Waals surface area (Å²) in [4.78, 5) is 53.7. The number of nitrogens with one attached hydrogen (secondary N) is 2. The molecule has 14 heteroatoms. The fraction of sp³-hybridized carbons (Fsp3) is 0.316. The number of likely N-dealkylation sites (tertiary alicyclic amines) is 2. The van der Waals surface area contributed by atoms with Crippen LogP contribution in [0.1, 0.15) is 47.9 Å². The summed E-state index contributed by atoms with van der Waals surface area (Å²) < 4.78 is 26.7. The number of para-hydroxylation sites is 2. The zero-order chi connectivity index (χ0) is 37.4. The molecule has 2 amide bonds. The van der Waals surface area contributed by atoms with E-state index in [0.29, 0.717) is 46.7 Å². The first-order valence-electron chi connectivity index (χ1n) is 16.7. The average Bonchev–Trinajstić information content (AvgIpc) is 3.76. The van der Waals surface area contributed by atoms with Crippen LogP contribution in [0.3, 0.4) is 0 Å². The summed E-state index contributed by atoms with van der Waals surface area (Å²) in [7, 11) is 3.46. The molecule has 0 radical (unpaired) electrons. The van der Waals surface area contributed by atoms with Crippen LogP contribution < -0.4 is 10.6 Å². The smallest absolute Gasteiger partial charge is 0.258 e. The topological polar surface area (TPSA) is 151 Å². The zero-order valence-corrected chi connectivity index (χ0v) is 28.8. The Balaban J connectivity index is 0.000000162. The second-order valence-electron chi connectivity index (χ2n) is 14.2. The maximum Gasteiger partial charge on any atom is 0.258 e. The maximum absolute atomic E-state index is 13.3. The molecule has 2 N–H and O–H groups in total. The minimum Gasteiger partial charge on any atom is -0.324 e. The third-order valence-corrected chi connectivity index (χ3v) is 12.0. The first kappa shape index (κ1) is 34.8. The van der Waals surface area contributed by atoms with Gasteiger partial charge in [-0.15, -0.1) is 0 Å². The highest BCUT2D eigenvalue weighted by Gasteiger charge is 2.77. The monoisotopic (exact) mass is 710 g/mol. The Morgan fingerprint density at radius 3 is 1.27 bits per heavy atom. The lowest BCUT2D eigenvalue weighted by Crippen LogP contribution is -2.61. The van der Waals surface area contributed by atoms with Crippen LogP contribution in [0.2, 0.25) is 0 Å². The SMILES string of the molecule is CN1C[C@H](c2ccc(F)cc2)[C@@](C)([N+](=O)[O-])[C@]12C(=O)Nc1ccccc12.CN1C[C@H](c2ccc(F)cc2)[C@@](C)([N+](=O)[O-])[C@]12C(=O)Nc1ccccc12. The lowest BCUT2D eigenvalue weighted by atomic mass is 9.69. The number of nitrogens with zero attached hydrogens (tertiary/aromatic N) is 4. The molecule has 8 rings (SSSR count). The molecule has 4 aliphatic heterocycles. The summed E-state index contributed by atoms with van der Waals surface area (Å²) in [6.45, 7) is 3.66. The lowest BCUT2D eigenvalue weighted by molar-refractivity contribution is -0.578. The molecule has 4 aliphatic rings. The van der Waals surface area contributed by atoms with Crippen molar-refractivity contribution in [2.75, 3.05) is 37.8 Å². The molecular weight excluding hydrogens is 674 g/mol. The molecule has 0 aromatic heterocycles. The van der Waals surface area contributed by atoms with E-state index in [1.807, 2.05) is 0 Å². The molecule has 2 spiro atoms. The van der Waals surface area contributed by atoms with Crippen molar-refractivity contribution in [3.63, 3.8) is 0 Å². The van der Waals surface area contributed by atoms with Crippen molar-refractivity contribution in [3.05, 3.63) is 151 Å². The van der Waals surface area contributed by atoms with Crippen LogP contribution in [0.5, 0.6) is 0 Å². The minimum atomic E-state index is -1.61. The highest BCUT2D eigenvalue weighted by molar-refractivity contribution is 6.08. The lowest BCUT2D eigenvalue weighted by Gasteiger charge is -2.37. The Hall–Kier alpha value is -5.60. The van der Waals surface area contributed by atoms with Gasteiger partial charge in [0.2, 0.25) is 0 Å². The Morgan fingerprint density at radius 1 is 0.615 bits per heavy atom. The van der Waals surface area contributed by atoms with Crippen molar-refractivity contribution >= 4 is 23.2 Å². The number of likely N-dealkylation sites (N-methyl/N-ethyl adjacent to an activating group) is 2. The van der Waals surface area contributed by atoms with Gasteiger partial charge in [-0.1, -0.05) is 60.7 Å². The summed E-state index contributed by atoms with van der Waals surface area (Å²) in [5.41, 5.74) is -2.38. The number of amides is 2. The average molecular weight is 711 g/mol. The highest BCUT2D eigenvalue weighted by atomic mass is 19.1. The van der Waals surface area contributed by atoms with Crippen LogP contribution in [-0.2, 0) is 20.7 Å². The molecule has 268 valence electrons. The minimum absolute atomic E-state index is 0.310. The van der Waals surface area contributed by atoms with E-state index in [0.717, 1.165) is 0 Å². The highest BCUT2D eigenvalue weighted by Crippen LogP contribution is 2.59. The molecule has 4 aromatic rings.